The molecule has 0 aliphatic rings. The van der Waals surface area contributed by atoms with Gasteiger partial charge in [0, 0.05) is 18.3 Å². The van der Waals surface area contributed by atoms with Gasteiger partial charge < -0.3 is 20.6 Å². The number of nitrogens with zero attached hydrogens (tertiary/aromatic N) is 1. The van der Waals surface area contributed by atoms with Gasteiger partial charge in [-0.05, 0) is 30.7 Å². The zero-order chi connectivity index (χ0) is 14.0. The summed E-state index contributed by atoms with van der Waals surface area (Å²) in [5, 5.41) is 31.7. The molecule has 1 heterocycles. The smallest absolute Gasteiger partial charge is 0.200 e. The number of aromatic hydroxyl groups is 3. The van der Waals surface area contributed by atoms with Crippen molar-refractivity contribution in [3.05, 3.63) is 40.7 Å². The number of anilines is 1. The number of aromatic nitrogens is 1. The van der Waals surface area contributed by atoms with Gasteiger partial charge in [-0.1, -0.05) is 11.6 Å². The summed E-state index contributed by atoms with van der Waals surface area (Å²) >= 11 is 5.93. The van der Waals surface area contributed by atoms with Crippen LogP contribution in [0.3, 0.4) is 0 Å². The van der Waals surface area contributed by atoms with E-state index in [1.54, 1.807) is 6.20 Å². The standard InChI is InChI=1S/C13H13ClN2O3/c1-7-4-9(13(14)16-5-7)15-6-8-2-3-10(17)12(19)11(8)18/h2-5,15,17-19H,6H2,1H3. The lowest BCUT2D eigenvalue weighted by Gasteiger charge is -2.11. The second-order valence-corrected chi connectivity index (χ2v) is 4.50. The van der Waals surface area contributed by atoms with Crippen molar-refractivity contribution >= 4 is 17.3 Å². The van der Waals surface area contributed by atoms with Crippen molar-refractivity contribution in [2.75, 3.05) is 5.32 Å². The third-order valence-corrected chi connectivity index (χ3v) is 2.96. The van der Waals surface area contributed by atoms with Crippen molar-refractivity contribution in [3.63, 3.8) is 0 Å². The zero-order valence-corrected chi connectivity index (χ0v) is 10.9. The Morgan fingerprint density at radius 3 is 2.68 bits per heavy atom. The van der Waals surface area contributed by atoms with Crippen molar-refractivity contribution in [1.82, 2.24) is 4.98 Å². The minimum atomic E-state index is -0.534. The maximum atomic E-state index is 9.68. The van der Waals surface area contributed by atoms with E-state index in [0.29, 0.717) is 16.4 Å². The van der Waals surface area contributed by atoms with Crippen LogP contribution in [0, 0.1) is 6.92 Å². The molecule has 5 nitrogen and oxygen atoms in total. The summed E-state index contributed by atoms with van der Waals surface area (Å²) in [6.45, 7) is 2.13. The Bertz CT molecular complexity index is 617. The highest BCUT2D eigenvalue weighted by Gasteiger charge is 2.11. The van der Waals surface area contributed by atoms with E-state index < -0.39 is 5.75 Å². The van der Waals surface area contributed by atoms with Gasteiger partial charge in [0.2, 0.25) is 5.75 Å². The van der Waals surface area contributed by atoms with Crippen LogP contribution in [-0.4, -0.2) is 20.3 Å². The van der Waals surface area contributed by atoms with Crippen molar-refractivity contribution in [1.29, 1.82) is 0 Å². The molecule has 2 aromatic rings. The number of phenolic OH excluding ortho intramolecular Hbond substituents is 3. The highest BCUT2D eigenvalue weighted by atomic mass is 35.5. The van der Waals surface area contributed by atoms with E-state index in [-0.39, 0.29) is 18.0 Å². The van der Waals surface area contributed by atoms with Gasteiger partial charge in [-0.15, -0.1) is 0 Å². The normalized spacial score (nSPS) is 10.4. The first-order chi connectivity index (χ1) is 8.99. The molecule has 0 aliphatic heterocycles. The van der Waals surface area contributed by atoms with Crippen LogP contribution >= 0.6 is 11.6 Å². The molecular formula is C13H13ClN2O3. The van der Waals surface area contributed by atoms with Crippen LogP contribution in [0.1, 0.15) is 11.1 Å². The number of nitrogens with one attached hydrogen (secondary N) is 1. The first kappa shape index (κ1) is 13.3. The molecular weight excluding hydrogens is 268 g/mol. The van der Waals surface area contributed by atoms with Crippen LogP contribution in [0.5, 0.6) is 17.2 Å². The number of rotatable bonds is 3. The minimum Gasteiger partial charge on any atom is -0.504 e. The molecule has 0 atom stereocenters. The summed E-state index contributed by atoms with van der Waals surface area (Å²) in [7, 11) is 0. The average molecular weight is 281 g/mol. The van der Waals surface area contributed by atoms with Crippen molar-refractivity contribution in [2.45, 2.75) is 13.5 Å². The van der Waals surface area contributed by atoms with Gasteiger partial charge in [0.25, 0.3) is 0 Å². The van der Waals surface area contributed by atoms with E-state index in [1.165, 1.54) is 12.1 Å². The largest absolute Gasteiger partial charge is 0.504 e. The van der Waals surface area contributed by atoms with Gasteiger partial charge in [-0.3, -0.25) is 0 Å². The molecule has 2 rings (SSSR count). The lowest BCUT2D eigenvalue weighted by molar-refractivity contribution is 0.365. The number of aryl methyl sites for hydroxylation is 1. The van der Waals surface area contributed by atoms with Crippen molar-refractivity contribution in [2.24, 2.45) is 0 Å². The van der Waals surface area contributed by atoms with Crippen LogP contribution in [0.25, 0.3) is 0 Å². The number of phenols is 3. The highest BCUT2D eigenvalue weighted by molar-refractivity contribution is 6.31. The molecule has 0 aliphatic carbocycles. The molecule has 0 bridgehead atoms. The van der Waals surface area contributed by atoms with Crippen molar-refractivity contribution in [3.8, 4) is 17.2 Å². The van der Waals surface area contributed by atoms with E-state index >= 15 is 0 Å². The molecule has 100 valence electrons. The molecule has 0 saturated heterocycles. The summed E-state index contributed by atoms with van der Waals surface area (Å²) in [6, 6.07) is 4.64. The Morgan fingerprint density at radius 1 is 1.21 bits per heavy atom. The van der Waals surface area contributed by atoms with Crippen LogP contribution in [0.15, 0.2) is 24.4 Å². The molecule has 19 heavy (non-hydrogen) atoms. The van der Waals surface area contributed by atoms with Gasteiger partial charge in [0.05, 0.1) is 5.69 Å². The lowest BCUT2D eigenvalue weighted by Crippen LogP contribution is -2.01. The number of benzene rings is 1. The van der Waals surface area contributed by atoms with Gasteiger partial charge in [-0.25, -0.2) is 4.98 Å². The number of hydrogen-bond donors (Lipinski definition) is 4. The van der Waals surface area contributed by atoms with E-state index in [4.69, 9.17) is 11.6 Å². The van der Waals surface area contributed by atoms with Crippen LogP contribution in [0.2, 0.25) is 5.15 Å². The maximum absolute atomic E-state index is 9.68. The first-order valence-corrected chi connectivity index (χ1v) is 5.95. The maximum Gasteiger partial charge on any atom is 0.200 e. The van der Waals surface area contributed by atoms with Gasteiger partial charge >= 0.3 is 0 Å². The Hall–Kier alpha value is -2.14. The highest BCUT2D eigenvalue weighted by Crippen LogP contribution is 2.37. The van der Waals surface area contributed by atoms with Crippen LogP contribution in [0.4, 0.5) is 5.69 Å². The monoisotopic (exact) mass is 280 g/mol. The quantitative estimate of drug-likeness (QED) is 0.513. The third-order valence-electron chi connectivity index (χ3n) is 2.66. The Labute approximate surface area is 115 Å². The fourth-order valence-corrected chi connectivity index (χ4v) is 1.79. The second kappa shape index (κ2) is 5.24. The summed E-state index contributed by atoms with van der Waals surface area (Å²) in [5.41, 5.74) is 2.02. The average Bonchev–Trinajstić information content (AvgIpc) is 2.39. The molecule has 0 radical (unpaired) electrons. The molecule has 0 unspecified atom stereocenters. The van der Waals surface area contributed by atoms with Gasteiger partial charge in [0.1, 0.15) is 0 Å². The molecule has 1 aromatic heterocycles. The van der Waals surface area contributed by atoms with Crippen LogP contribution in [-0.2, 0) is 6.54 Å². The summed E-state index contributed by atoms with van der Waals surface area (Å²) in [6.07, 6.45) is 1.65. The fourth-order valence-electron chi connectivity index (χ4n) is 1.62. The van der Waals surface area contributed by atoms with E-state index in [9.17, 15) is 15.3 Å². The minimum absolute atomic E-state index is 0.241. The lowest BCUT2D eigenvalue weighted by atomic mass is 10.1. The Kier molecular flexibility index (Phi) is 3.66. The summed E-state index contributed by atoms with van der Waals surface area (Å²) in [5.74, 6) is -1.26. The summed E-state index contributed by atoms with van der Waals surface area (Å²) in [4.78, 5) is 4.00. The van der Waals surface area contributed by atoms with Gasteiger partial charge in [0.15, 0.2) is 16.7 Å². The topological polar surface area (TPSA) is 85.6 Å². The Balaban J connectivity index is 2.19. The van der Waals surface area contributed by atoms with Gasteiger partial charge in [-0.2, -0.15) is 0 Å². The van der Waals surface area contributed by atoms with Crippen molar-refractivity contribution < 1.29 is 15.3 Å². The number of pyridine rings is 1. The first-order valence-electron chi connectivity index (χ1n) is 5.58. The zero-order valence-electron chi connectivity index (χ0n) is 10.2. The second-order valence-electron chi connectivity index (χ2n) is 4.15. The SMILES string of the molecule is Cc1cnc(Cl)c(NCc2ccc(O)c(O)c2O)c1. The van der Waals surface area contributed by atoms with E-state index in [0.717, 1.165) is 5.56 Å². The molecule has 0 fully saturated rings. The predicted octanol–water partition coefficient (Wildman–Crippen LogP) is 2.77. The number of hydrogen-bond acceptors (Lipinski definition) is 5. The molecule has 6 heteroatoms. The fraction of sp³-hybridized carbons (Fsp3) is 0.154. The van der Waals surface area contributed by atoms with Crippen LogP contribution < -0.4 is 5.32 Å². The third kappa shape index (κ3) is 2.82. The molecule has 0 amide bonds. The Morgan fingerprint density at radius 2 is 1.95 bits per heavy atom. The molecule has 1 aromatic carbocycles. The predicted molar refractivity (Wildman–Crippen MR) is 72.7 cm³/mol. The molecule has 0 saturated carbocycles. The van der Waals surface area contributed by atoms with E-state index in [1.807, 2.05) is 13.0 Å². The summed E-state index contributed by atoms with van der Waals surface area (Å²) < 4.78 is 0. The molecule has 4 N–H and O–H groups in total. The molecule has 0 spiro atoms. The van der Waals surface area contributed by atoms with E-state index in [2.05, 4.69) is 10.3 Å². The number of halogens is 1.